The molecule has 0 bridgehead atoms. The van der Waals surface area contributed by atoms with Crippen molar-refractivity contribution in [1.29, 1.82) is 0 Å². The van der Waals surface area contributed by atoms with Crippen molar-refractivity contribution in [2.75, 3.05) is 13.2 Å². The largest absolute Gasteiger partial charge is 0.454 e. The summed E-state index contributed by atoms with van der Waals surface area (Å²) in [5, 5.41) is 7.19. The van der Waals surface area contributed by atoms with Crippen LogP contribution in [0.15, 0.2) is 48.5 Å². The molecule has 3 atom stereocenters. The lowest BCUT2D eigenvalue weighted by molar-refractivity contribution is -0.143. The highest BCUT2D eigenvalue weighted by molar-refractivity contribution is 6.39. The smallest absolute Gasteiger partial charge is 0.408 e. The molecule has 0 unspecified atom stereocenters. The molecular formula is C28H31Cl2N3O9. The van der Waals surface area contributed by atoms with Crippen molar-refractivity contribution >= 4 is 59.1 Å². The van der Waals surface area contributed by atoms with Gasteiger partial charge < -0.3 is 35.0 Å². The number of halogens is 2. The van der Waals surface area contributed by atoms with Crippen LogP contribution in [0, 0.1) is 5.92 Å². The highest BCUT2D eigenvalue weighted by atomic mass is 35.5. The second kappa shape index (κ2) is 17.1. The van der Waals surface area contributed by atoms with Gasteiger partial charge in [-0.25, -0.2) is 9.59 Å². The zero-order chi connectivity index (χ0) is 31.2. The molecule has 14 heteroatoms. The molecule has 42 heavy (non-hydrogen) atoms. The summed E-state index contributed by atoms with van der Waals surface area (Å²) >= 11 is 11.9. The topological polar surface area (TPSA) is 166 Å². The van der Waals surface area contributed by atoms with Crippen LogP contribution in [0.25, 0.3) is 0 Å². The lowest BCUT2D eigenvalue weighted by atomic mass is 10.0. The molecule has 2 rings (SSSR count). The zero-order valence-electron chi connectivity index (χ0n) is 23.1. The summed E-state index contributed by atoms with van der Waals surface area (Å²) in [5.74, 6) is -3.83. The molecule has 0 radical (unpaired) electrons. The minimum Gasteiger partial charge on any atom is -0.454 e. The fourth-order valence-corrected chi connectivity index (χ4v) is 3.93. The number of carbonyl (C=O) groups is 6. The first-order valence-corrected chi connectivity index (χ1v) is 13.5. The van der Waals surface area contributed by atoms with Crippen molar-refractivity contribution in [2.24, 2.45) is 5.92 Å². The molecule has 0 aliphatic heterocycles. The number of nitrogens with one attached hydrogen (secondary N) is 3. The third-order valence-electron chi connectivity index (χ3n) is 5.60. The van der Waals surface area contributed by atoms with E-state index in [0.29, 0.717) is 6.29 Å². The molecule has 0 saturated carbocycles. The number of Topliss-reactive ketones (excluding diaryl/α,β-unsaturated/α-hetero) is 1. The van der Waals surface area contributed by atoms with E-state index < -0.39 is 61.2 Å². The van der Waals surface area contributed by atoms with E-state index in [0.717, 1.165) is 5.56 Å². The maximum Gasteiger partial charge on any atom is 0.408 e. The van der Waals surface area contributed by atoms with Gasteiger partial charge in [-0.15, -0.1) is 0 Å². The number of rotatable bonds is 15. The maximum atomic E-state index is 12.9. The van der Waals surface area contributed by atoms with Crippen molar-refractivity contribution in [1.82, 2.24) is 16.0 Å². The average Bonchev–Trinajstić information content (AvgIpc) is 2.95. The second-order valence-electron chi connectivity index (χ2n) is 9.19. The van der Waals surface area contributed by atoms with E-state index in [4.69, 9.17) is 37.4 Å². The van der Waals surface area contributed by atoms with Gasteiger partial charge in [0.25, 0.3) is 0 Å². The Morgan fingerprint density at radius 2 is 1.48 bits per heavy atom. The number of ether oxygens (including phenoxy) is 3. The van der Waals surface area contributed by atoms with Crippen LogP contribution in [-0.4, -0.2) is 67.5 Å². The number of benzene rings is 2. The summed E-state index contributed by atoms with van der Waals surface area (Å²) in [6, 6.07) is 11.0. The Balaban J connectivity index is 1.96. The highest BCUT2D eigenvalue weighted by Gasteiger charge is 2.30. The van der Waals surface area contributed by atoms with Gasteiger partial charge >= 0.3 is 12.1 Å². The predicted molar refractivity (Wildman–Crippen MR) is 152 cm³/mol. The van der Waals surface area contributed by atoms with Crippen LogP contribution in [0.3, 0.4) is 0 Å². The Kier molecular flexibility index (Phi) is 13.9. The van der Waals surface area contributed by atoms with Crippen LogP contribution in [-0.2, 0) is 40.0 Å². The van der Waals surface area contributed by atoms with Crippen molar-refractivity contribution in [3.63, 3.8) is 0 Å². The summed E-state index contributed by atoms with van der Waals surface area (Å²) in [7, 11) is 0. The Bertz CT molecular complexity index is 1250. The van der Waals surface area contributed by atoms with Gasteiger partial charge in [0.15, 0.2) is 12.8 Å². The molecule has 0 fully saturated rings. The van der Waals surface area contributed by atoms with Gasteiger partial charge in [0.1, 0.15) is 31.6 Å². The first-order valence-electron chi connectivity index (χ1n) is 12.7. The van der Waals surface area contributed by atoms with Gasteiger partial charge in [-0.3, -0.25) is 14.4 Å². The van der Waals surface area contributed by atoms with E-state index in [1.54, 1.807) is 38.1 Å². The number of alkyl carbamates (subject to hydrolysis) is 1. The molecule has 226 valence electrons. The third-order valence-corrected chi connectivity index (χ3v) is 6.23. The first kappa shape index (κ1) is 34.2. The van der Waals surface area contributed by atoms with Crippen LogP contribution in [0.1, 0.15) is 36.7 Å². The summed E-state index contributed by atoms with van der Waals surface area (Å²) in [5.41, 5.74) is 0.600. The van der Waals surface area contributed by atoms with E-state index in [-0.39, 0.29) is 28.1 Å². The number of ketones is 1. The van der Waals surface area contributed by atoms with Crippen LogP contribution in [0.5, 0.6) is 0 Å². The molecule has 2 aromatic carbocycles. The van der Waals surface area contributed by atoms with Gasteiger partial charge in [0, 0.05) is 0 Å². The number of aldehydes is 1. The van der Waals surface area contributed by atoms with Gasteiger partial charge in [0.05, 0.1) is 15.6 Å². The number of carbonyl (C=O) groups excluding carboxylic acids is 6. The van der Waals surface area contributed by atoms with E-state index in [1.165, 1.54) is 25.1 Å². The van der Waals surface area contributed by atoms with Crippen LogP contribution in [0.2, 0.25) is 10.0 Å². The molecule has 0 aromatic heterocycles. The van der Waals surface area contributed by atoms with Gasteiger partial charge in [0.2, 0.25) is 17.6 Å². The molecule has 0 aliphatic carbocycles. The van der Waals surface area contributed by atoms with Crippen molar-refractivity contribution < 1.29 is 43.0 Å². The van der Waals surface area contributed by atoms with E-state index in [9.17, 15) is 28.8 Å². The van der Waals surface area contributed by atoms with Gasteiger partial charge in [-0.1, -0.05) is 73.4 Å². The number of hydrogen-bond donors (Lipinski definition) is 3. The summed E-state index contributed by atoms with van der Waals surface area (Å²) in [4.78, 5) is 73.8. The van der Waals surface area contributed by atoms with E-state index >= 15 is 0 Å². The van der Waals surface area contributed by atoms with Crippen LogP contribution >= 0.6 is 23.2 Å². The highest BCUT2D eigenvalue weighted by Crippen LogP contribution is 2.25. The maximum absolute atomic E-state index is 12.9. The van der Waals surface area contributed by atoms with Crippen LogP contribution < -0.4 is 16.0 Å². The Labute approximate surface area is 252 Å². The number of esters is 1. The standard InChI is InChI=1S/C28H31Cl2N3O9/c1-16(2)23(32-28(39)42-14-18-8-5-4-6-9-18)25(37)31-17(3)24(36)33-26(40-13-12-34)21(35)15-41-27(38)22-19(29)10-7-11-20(22)30/h4-12,16-17,23,26H,13-15H2,1-3H3,(H,31,37)(H,32,39)(H,33,36)/t17-,23-,26-/m0/s1. The van der Waals surface area contributed by atoms with Gasteiger partial charge in [-0.2, -0.15) is 0 Å². The molecular weight excluding hydrogens is 593 g/mol. The fraction of sp³-hybridized carbons (Fsp3) is 0.357. The summed E-state index contributed by atoms with van der Waals surface area (Å²) in [6.07, 6.45) is -2.17. The first-order chi connectivity index (χ1) is 19.9. The predicted octanol–water partition coefficient (Wildman–Crippen LogP) is 2.83. The van der Waals surface area contributed by atoms with E-state index in [2.05, 4.69) is 16.0 Å². The minimum absolute atomic E-state index is 0.00483. The lowest BCUT2D eigenvalue weighted by Crippen LogP contribution is -2.56. The normalized spacial score (nSPS) is 12.8. The van der Waals surface area contributed by atoms with Crippen LogP contribution in [0.4, 0.5) is 4.79 Å². The summed E-state index contributed by atoms with van der Waals surface area (Å²) < 4.78 is 15.2. The van der Waals surface area contributed by atoms with Gasteiger partial charge in [-0.05, 0) is 30.5 Å². The monoisotopic (exact) mass is 623 g/mol. The van der Waals surface area contributed by atoms with Crippen molar-refractivity contribution in [2.45, 2.75) is 45.7 Å². The summed E-state index contributed by atoms with van der Waals surface area (Å²) in [6.45, 7) is 3.28. The third kappa shape index (κ3) is 10.8. The van der Waals surface area contributed by atoms with Crippen molar-refractivity contribution in [3.8, 4) is 0 Å². The fourth-order valence-electron chi connectivity index (χ4n) is 3.38. The molecule has 0 aliphatic rings. The Morgan fingerprint density at radius 3 is 2.07 bits per heavy atom. The second-order valence-corrected chi connectivity index (χ2v) is 10.0. The molecule has 0 heterocycles. The van der Waals surface area contributed by atoms with Crippen molar-refractivity contribution in [3.05, 3.63) is 69.7 Å². The Morgan fingerprint density at radius 1 is 0.833 bits per heavy atom. The minimum atomic E-state index is -1.69. The molecule has 12 nitrogen and oxygen atoms in total. The number of hydrogen-bond acceptors (Lipinski definition) is 9. The molecule has 0 saturated heterocycles. The molecule has 3 amide bonds. The number of amides is 3. The lowest BCUT2D eigenvalue weighted by Gasteiger charge is -2.24. The average molecular weight is 624 g/mol. The Hall–Kier alpha value is -4.00. The zero-order valence-corrected chi connectivity index (χ0v) is 24.6. The molecule has 3 N–H and O–H groups in total. The molecule has 0 spiro atoms. The van der Waals surface area contributed by atoms with E-state index in [1.807, 2.05) is 6.07 Å². The quantitative estimate of drug-likeness (QED) is 0.153. The molecule has 2 aromatic rings. The SMILES string of the molecule is CC(C)[C@H](NC(=O)OCc1ccccc1)C(=O)N[C@@H](C)C(=O)N[C@@H](OCC=O)C(=O)COC(=O)c1c(Cl)cccc1Cl.